The van der Waals surface area contributed by atoms with E-state index in [2.05, 4.69) is 5.32 Å². The summed E-state index contributed by atoms with van der Waals surface area (Å²) in [5.74, 6) is -1.29. The van der Waals surface area contributed by atoms with Crippen molar-refractivity contribution in [3.8, 4) is 5.75 Å². The molecule has 0 aromatic heterocycles. The lowest BCUT2D eigenvalue weighted by Gasteiger charge is -2.36. The number of benzene rings is 1. The molecule has 3 fully saturated rings. The van der Waals surface area contributed by atoms with E-state index in [1.807, 2.05) is 0 Å². The standard InChI is InChI=1S/C19H25NO7/c1-18(2)24-12-13(25-18)15-17(27-19(3,4)26-15)23-14(12)16(21)20-10-6-8-11(22-5)9-7-10/h6-9,12-15,17H,1-5H3,(H,20,21)/t12-,13+,14+,15-,17-/m1/s1. The molecule has 1 N–H and O–H groups in total. The summed E-state index contributed by atoms with van der Waals surface area (Å²) in [7, 11) is 1.59. The molecule has 0 saturated carbocycles. The molecule has 148 valence electrons. The molecule has 5 atom stereocenters. The first kappa shape index (κ1) is 18.6. The maximum atomic E-state index is 12.9. The number of fused-ring (bicyclic) bond motifs is 3. The van der Waals surface area contributed by atoms with Crippen LogP contribution in [0, 0.1) is 0 Å². The number of carbonyl (C=O) groups is 1. The van der Waals surface area contributed by atoms with E-state index in [0.29, 0.717) is 11.4 Å². The molecule has 3 heterocycles. The molecule has 27 heavy (non-hydrogen) atoms. The highest BCUT2D eigenvalue weighted by Crippen LogP contribution is 2.44. The minimum Gasteiger partial charge on any atom is -0.497 e. The van der Waals surface area contributed by atoms with E-state index < -0.39 is 42.3 Å². The van der Waals surface area contributed by atoms with E-state index in [9.17, 15) is 4.79 Å². The lowest BCUT2D eigenvalue weighted by atomic mass is 9.98. The van der Waals surface area contributed by atoms with E-state index in [1.165, 1.54) is 0 Å². The van der Waals surface area contributed by atoms with Gasteiger partial charge in [-0.3, -0.25) is 4.79 Å². The molecule has 1 aromatic rings. The third-order valence-corrected chi connectivity index (χ3v) is 4.77. The van der Waals surface area contributed by atoms with Crippen LogP contribution in [0.2, 0.25) is 0 Å². The smallest absolute Gasteiger partial charge is 0.256 e. The van der Waals surface area contributed by atoms with Crippen LogP contribution in [0.3, 0.4) is 0 Å². The third kappa shape index (κ3) is 3.55. The van der Waals surface area contributed by atoms with Crippen LogP contribution < -0.4 is 10.1 Å². The van der Waals surface area contributed by atoms with Crippen molar-refractivity contribution < 1.29 is 33.2 Å². The maximum absolute atomic E-state index is 12.9. The number of hydrogen-bond acceptors (Lipinski definition) is 7. The summed E-state index contributed by atoms with van der Waals surface area (Å²) in [6.45, 7) is 7.22. The van der Waals surface area contributed by atoms with Gasteiger partial charge in [0.2, 0.25) is 0 Å². The number of anilines is 1. The van der Waals surface area contributed by atoms with E-state index in [1.54, 1.807) is 59.1 Å². The zero-order chi connectivity index (χ0) is 19.4. The van der Waals surface area contributed by atoms with Crippen molar-refractivity contribution in [2.24, 2.45) is 0 Å². The summed E-state index contributed by atoms with van der Waals surface area (Å²) < 4.78 is 34.8. The van der Waals surface area contributed by atoms with E-state index in [-0.39, 0.29) is 5.91 Å². The average Bonchev–Trinajstić information content (AvgIpc) is 3.08. The summed E-state index contributed by atoms with van der Waals surface area (Å²) in [6, 6.07) is 7.05. The fourth-order valence-corrected chi connectivity index (χ4v) is 3.71. The summed E-state index contributed by atoms with van der Waals surface area (Å²) in [6.07, 6.45) is -3.12. The second-order valence-corrected chi connectivity index (χ2v) is 7.81. The summed E-state index contributed by atoms with van der Waals surface area (Å²) >= 11 is 0. The maximum Gasteiger partial charge on any atom is 0.256 e. The van der Waals surface area contributed by atoms with Crippen molar-refractivity contribution in [3.05, 3.63) is 24.3 Å². The second-order valence-electron chi connectivity index (χ2n) is 7.81. The first-order valence-electron chi connectivity index (χ1n) is 8.99. The lowest BCUT2D eigenvalue weighted by Crippen LogP contribution is -2.58. The molecule has 3 aliphatic rings. The molecule has 8 heteroatoms. The Kier molecular flexibility index (Phi) is 4.44. The van der Waals surface area contributed by atoms with Gasteiger partial charge in [-0.2, -0.15) is 0 Å². The molecule has 1 amide bonds. The number of hydrogen-bond donors (Lipinski definition) is 1. The topological polar surface area (TPSA) is 84.5 Å². The Hall–Kier alpha value is -1.71. The quantitative estimate of drug-likeness (QED) is 0.860. The van der Waals surface area contributed by atoms with Gasteiger partial charge in [-0.1, -0.05) is 0 Å². The van der Waals surface area contributed by atoms with Gasteiger partial charge in [0.15, 0.2) is 24.0 Å². The van der Waals surface area contributed by atoms with Crippen molar-refractivity contribution in [2.75, 3.05) is 12.4 Å². The zero-order valence-corrected chi connectivity index (χ0v) is 16.1. The summed E-state index contributed by atoms with van der Waals surface area (Å²) in [5.41, 5.74) is 0.630. The number of carbonyl (C=O) groups excluding carboxylic acids is 1. The number of methoxy groups -OCH3 is 1. The van der Waals surface area contributed by atoms with Gasteiger partial charge in [0, 0.05) is 5.69 Å². The number of amides is 1. The van der Waals surface area contributed by atoms with Crippen LogP contribution in [0.15, 0.2) is 24.3 Å². The Morgan fingerprint density at radius 2 is 1.52 bits per heavy atom. The van der Waals surface area contributed by atoms with E-state index >= 15 is 0 Å². The predicted molar refractivity (Wildman–Crippen MR) is 94.1 cm³/mol. The minimum atomic E-state index is -0.891. The molecule has 3 saturated heterocycles. The van der Waals surface area contributed by atoms with Gasteiger partial charge >= 0.3 is 0 Å². The van der Waals surface area contributed by atoms with Crippen molar-refractivity contribution in [1.82, 2.24) is 0 Å². The van der Waals surface area contributed by atoms with Gasteiger partial charge in [0.05, 0.1) is 7.11 Å². The van der Waals surface area contributed by atoms with Crippen LogP contribution >= 0.6 is 0 Å². The molecule has 1 aromatic carbocycles. The van der Waals surface area contributed by atoms with Gasteiger partial charge in [-0.05, 0) is 52.0 Å². The Morgan fingerprint density at radius 1 is 0.926 bits per heavy atom. The number of nitrogens with one attached hydrogen (secondary N) is 1. The highest BCUT2D eigenvalue weighted by molar-refractivity contribution is 5.94. The first-order chi connectivity index (χ1) is 12.7. The van der Waals surface area contributed by atoms with Crippen molar-refractivity contribution in [2.45, 2.75) is 70.0 Å². The molecule has 8 nitrogen and oxygen atoms in total. The van der Waals surface area contributed by atoms with E-state index in [4.69, 9.17) is 28.4 Å². The SMILES string of the molecule is COc1ccc(NC(=O)[C@H]2O[C@@H]3OC(C)(C)O[C@@H]3[C@H]3OC(C)(C)O[C@H]32)cc1. The van der Waals surface area contributed by atoms with Gasteiger partial charge in [-0.15, -0.1) is 0 Å². The normalized spacial score (nSPS) is 36.0. The largest absolute Gasteiger partial charge is 0.497 e. The van der Waals surface area contributed by atoms with Crippen LogP contribution in [-0.4, -0.2) is 55.3 Å². The Balaban J connectivity index is 1.55. The first-order valence-corrected chi connectivity index (χ1v) is 8.99. The van der Waals surface area contributed by atoms with Crippen molar-refractivity contribution in [3.63, 3.8) is 0 Å². The molecule has 0 aliphatic carbocycles. The summed E-state index contributed by atoms with van der Waals surface area (Å²) in [5, 5.41) is 2.85. The van der Waals surface area contributed by atoms with Gasteiger partial charge < -0.3 is 33.7 Å². The molecule has 0 bridgehead atoms. The van der Waals surface area contributed by atoms with Gasteiger partial charge in [0.1, 0.15) is 24.1 Å². The Bertz CT molecular complexity index is 717. The minimum absolute atomic E-state index is 0.330. The second kappa shape index (κ2) is 6.42. The molecule has 0 radical (unpaired) electrons. The fourth-order valence-electron chi connectivity index (χ4n) is 3.71. The Labute approximate surface area is 158 Å². The van der Waals surface area contributed by atoms with Crippen LogP contribution in [0.4, 0.5) is 5.69 Å². The molecule has 0 unspecified atom stereocenters. The number of rotatable bonds is 3. The molecular formula is C19H25NO7. The Morgan fingerprint density at radius 3 is 2.19 bits per heavy atom. The highest BCUT2D eigenvalue weighted by atomic mass is 16.9. The van der Waals surface area contributed by atoms with Crippen LogP contribution in [0.1, 0.15) is 27.7 Å². The molecule has 0 spiro atoms. The third-order valence-electron chi connectivity index (χ3n) is 4.77. The fraction of sp³-hybridized carbons (Fsp3) is 0.632. The van der Waals surface area contributed by atoms with Crippen LogP contribution in [0.5, 0.6) is 5.75 Å². The number of ether oxygens (including phenoxy) is 6. The van der Waals surface area contributed by atoms with Gasteiger partial charge in [0.25, 0.3) is 5.91 Å². The van der Waals surface area contributed by atoms with Crippen molar-refractivity contribution >= 4 is 11.6 Å². The average molecular weight is 379 g/mol. The van der Waals surface area contributed by atoms with Crippen LogP contribution in [0.25, 0.3) is 0 Å². The van der Waals surface area contributed by atoms with Crippen LogP contribution in [-0.2, 0) is 28.5 Å². The lowest BCUT2D eigenvalue weighted by molar-refractivity contribution is -0.229. The monoisotopic (exact) mass is 379 g/mol. The zero-order valence-electron chi connectivity index (χ0n) is 16.1. The summed E-state index contributed by atoms with van der Waals surface area (Å²) in [4.78, 5) is 12.9. The van der Waals surface area contributed by atoms with Crippen molar-refractivity contribution in [1.29, 1.82) is 0 Å². The molecule has 3 aliphatic heterocycles. The highest BCUT2D eigenvalue weighted by Gasteiger charge is 2.62. The predicted octanol–water partition coefficient (Wildman–Crippen LogP) is 2.03. The van der Waals surface area contributed by atoms with E-state index in [0.717, 1.165) is 0 Å². The van der Waals surface area contributed by atoms with Gasteiger partial charge in [-0.25, -0.2) is 0 Å². The molecular weight excluding hydrogens is 354 g/mol. The molecule has 4 rings (SSSR count).